The molecule has 4 rings (SSSR count). The summed E-state index contributed by atoms with van der Waals surface area (Å²) in [5, 5.41) is 12.5. The molecule has 4 aromatic rings. The van der Waals surface area contributed by atoms with Gasteiger partial charge in [-0.15, -0.1) is 0 Å². The van der Waals surface area contributed by atoms with Crippen LogP contribution in [0.5, 0.6) is 5.75 Å². The summed E-state index contributed by atoms with van der Waals surface area (Å²) < 4.78 is 0. The van der Waals surface area contributed by atoms with E-state index < -0.39 is 15.9 Å². The maximum absolute atomic E-state index is 9.50. The van der Waals surface area contributed by atoms with E-state index in [2.05, 4.69) is 92.3 Å². The van der Waals surface area contributed by atoms with E-state index in [1.165, 1.54) is 10.6 Å². The third-order valence-corrected chi connectivity index (χ3v) is 7.72. The number of nitrogens with zero attached hydrogens (tertiary/aromatic N) is 1. The molecule has 0 atom stereocenters. The molecule has 0 spiro atoms. The van der Waals surface area contributed by atoms with Gasteiger partial charge in [0.15, 0.2) is 0 Å². The van der Waals surface area contributed by atoms with Crippen LogP contribution in [0, 0.1) is 0 Å². The SMILES string of the molecule is C[PH+](C)c1ccccc1.C[PH+](C)c1ccccc1.Oc1ccccc1C=Nc1ccccc1.[Cl][Re][Cl]. The van der Waals surface area contributed by atoms with Gasteiger partial charge in [0.2, 0.25) is 0 Å². The number of aliphatic imine (C=N–C) groups is 1. The van der Waals surface area contributed by atoms with Crippen molar-refractivity contribution in [2.45, 2.75) is 0 Å². The van der Waals surface area contributed by atoms with Gasteiger partial charge < -0.3 is 5.11 Å². The molecule has 191 valence electrons. The molecule has 0 aliphatic carbocycles. The molecule has 0 aliphatic rings. The summed E-state index contributed by atoms with van der Waals surface area (Å²) in [5.74, 6) is 0.247. The topological polar surface area (TPSA) is 32.6 Å². The van der Waals surface area contributed by atoms with E-state index in [4.69, 9.17) is 19.1 Å². The first-order valence-corrected chi connectivity index (χ1v) is 23.1. The molecular weight excluding hydrogens is 697 g/mol. The first kappa shape index (κ1) is 32.5. The quantitative estimate of drug-likeness (QED) is 0.167. The molecule has 0 saturated carbocycles. The van der Waals surface area contributed by atoms with Crippen molar-refractivity contribution in [3.63, 3.8) is 0 Å². The van der Waals surface area contributed by atoms with Gasteiger partial charge in [-0.05, 0) is 48.5 Å². The molecule has 7 heteroatoms. The molecule has 0 saturated heterocycles. The van der Waals surface area contributed by atoms with E-state index in [-0.39, 0.29) is 21.6 Å². The summed E-state index contributed by atoms with van der Waals surface area (Å²) in [7, 11) is 9.41. The summed E-state index contributed by atoms with van der Waals surface area (Å²) >= 11 is -0.722. The molecule has 1 N–H and O–H groups in total. The molecule has 36 heavy (non-hydrogen) atoms. The van der Waals surface area contributed by atoms with Crippen molar-refractivity contribution >= 4 is 57.4 Å². The average molecular weight is 733 g/mol. The summed E-state index contributed by atoms with van der Waals surface area (Å²) in [6, 6.07) is 38.1. The van der Waals surface area contributed by atoms with Gasteiger partial charge >= 0.3 is 35.0 Å². The van der Waals surface area contributed by atoms with Crippen molar-refractivity contribution in [2.75, 3.05) is 26.7 Å². The fraction of sp³-hybridized carbons (Fsp3) is 0.138. The Morgan fingerprint density at radius 2 is 0.972 bits per heavy atom. The van der Waals surface area contributed by atoms with E-state index >= 15 is 0 Å². The summed E-state index contributed by atoms with van der Waals surface area (Å²) in [5.41, 5.74) is 1.60. The Bertz CT molecular complexity index is 1060. The normalized spacial score (nSPS) is 10.0. The van der Waals surface area contributed by atoms with Crippen LogP contribution in [0.2, 0.25) is 0 Å². The molecule has 2 nitrogen and oxygen atoms in total. The van der Waals surface area contributed by atoms with E-state index in [9.17, 15) is 5.11 Å². The summed E-state index contributed by atoms with van der Waals surface area (Å²) in [6.45, 7) is 9.22. The maximum atomic E-state index is 9.50. The molecule has 0 aliphatic heterocycles. The van der Waals surface area contributed by atoms with Crippen LogP contribution in [0.1, 0.15) is 5.56 Å². The molecule has 0 fully saturated rings. The van der Waals surface area contributed by atoms with Crippen LogP contribution in [0.4, 0.5) is 5.69 Å². The number of aromatic hydroxyl groups is 1. The first-order chi connectivity index (χ1) is 17.4. The Balaban J connectivity index is 0.000000268. The Labute approximate surface area is 235 Å². The standard InChI is InChI=1S/C13H11NO.2C8H11P.2ClH.Re/c15-13-9-5-4-6-11(13)10-14-12-7-2-1-3-8-12;2*1-9(2)8-6-4-3-5-7-8;;;/h1-10,15H;2*3-7H,1-2H3;2*1H;/q;;;;;+2. The van der Waals surface area contributed by atoms with Crippen molar-refractivity contribution in [1.29, 1.82) is 0 Å². The predicted molar refractivity (Wildman–Crippen MR) is 166 cm³/mol. The summed E-state index contributed by atoms with van der Waals surface area (Å²) in [6.07, 6.45) is 1.66. The number of hydrogen-bond acceptors (Lipinski definition) is 2. The van der Waals surface area contributed by atoms with Crippen LogP contribution in [0.25, 0.3) is 0 Å². The third-order valence-electron chi connectivity index (χ3n) is 4.75. The van der Waals surface area contributed by atoms with Crippen LogP contribution in [0.3, 0.4) is 0 Å². The van der Waals surface area contributed by atoms with Gasteiger partial charge in [-0.2, -0.15) is 0 Å². The second-order valence-electron chi connectivity index (χ2n) is 7.94. The number of phenols is 1. The van der Waals surface area contributed by atoms with Crippen LogP contribution in [0.15, 0.2) is 120 Å². The molecule has 0 heterocycles. The number of rotatable bonds is 4. The van der Waals surface area contributed by atoms with Crippen LogP contribution in [-0.2, 0) is 15.9 Å². The second-order valence-corrected chi connectivity index (χ2v) is 17.0. The van der Waals surface area contributed by atoms with Crippen molar-refractivity contribution in [3.05, 3.63) is 121 Å². The third kappa shape index (κ3) is 14.9. The van der Waals surface area contributed by atoms with Crippen LogP contribution < -0.4 is 10.6 Å². The Kier molecular flexibility index (Phi) is 18.5. The molecule has 0 unspecified atom stereocenters. The van der Waals surface area contributed by atoms with E-state index in [1.54, 1.807) is 18.3 Å². The zero-order valence-corrected chi connectivity index (χ0v) is 27.3. The number of phenolic OH excluding ortho intramolecular Hbond substituents is 1. The Hall–Kier alpha value is -1.55. The van der Waals surface area contributed by atoms with E-state index in [1.807, 2.05) is 42.5 Å². The fourth-order valence-electron chi connectivity index (χ4n) is 2.80. The Morgan fingerprint density at radius 1 is 0.611 bits per heavy atom. The second kappa shape index (κ2) is 20.5. The molecule has 0 bridgehead atoms. The van der Waals surface area contributed by atoms with Gasteiger partial charge in [-0.3, -0.25) is 4.99 Å². The van der Waals surface area contributed by atoms with E-state index in [0.29, 0.717) is 0 Å². The average Bonchev–Trinajstić information content (AvgIpc) is 2.91. The van der Waals surface area contributed by atoms with Crippen molar-refractivity contribution in [2.24, 2.45) is 4.99 Å². The zero-order chi connectivity index (χ0) is 26.6. The van der Waals surface area contributed by atoms with Crippen LogP contribution >= 0.6 is 34.9 Å². The molecule has 0 aromatic heterocycles. The van der Waals surface area contributed by atoms with Gasteiger partial charge in [0, 0.05) is 27.6 Å². The Morgan fingerprint density at radius 3 is 1.33 bits per heavy atom. The number of hydrogen-bond donors (Lipinski definition) is 1. The predicted octanol–water partition coefficient (Wildman–Crippen LogP) is 8.09. The van der Waals surface area contributed by atoms with Gasteiger partial charge in [0.25, 0.3) is 0 Å². The monoisotopic (exact) mass is 732 g/mol. The van der Waals surface area contributed by atoms with E-state index in [0.717, 1.165) is 11.3 Å². The van der Waals surface area contributed by atoms with Gasteiger partial charge in [0.05, 0.1) is 43.0 Å². The molecule has 4 aromatic carbocycles. The van der Waals surface area contributed by atoms with Crippen molar-refractivity contribution < 1.29 is 21.0 Å². The van der Waals surface area contributed by atoms with Gasteiger partial charge in [-0.25, -0.2) is 0 Å². The molecule has 0 amide bonds. The van der Waals surface area contributed by atoms with Crippen molar-refractivity contribution in [3.8, 4) is 5.75 Å². The number of benzene rings is 4. The summed E-state index contributed by atoms with van der Waals surface area (Å²) in [4.78, 5) is 4.25. The zero-order valence-electron chi connectivity index (χ0n) is 21.1. The molecular formula is C29H35Cl2NOP2Re+2. The van der Waals surface area contributed by atoms with Gasteiger partial charge in [-0.1, -0.05) is 66.7 Å². The minimum atomic E-state index is -0.722. The first-order valence-electron chi connectivity index (χ1n) is 11.3. The number of halogens is 2. The minimum absolute atomic E-state index is 0.212. The van der Waals surface area contributed by atoms with Gasteiger partial charge in [0.1, 0.15) is 5.75 Å². The molecule has 0 radical (unpaired) electrons. The van der Waals surface area contributed by atoms with Crippen molar-refractivity contribution in [1.82, 2.24) is 0 Å². The van der Waals surface area contributed by atoms with Crippen LogP contribution in [-0.4, -0.2) is 38.0 Å². The fourth-order valence-corrected chi connectivity index (χ4v) is 4.52. The number of para-hydroxylation sites is 2.